The lowest BCUT2D eigenvalue weighted by Crippen LogP contribution is -2.48. The van der Waals surface area contributed by atoms with Crippen LogP contribution in [0.5, 0.6) is 5.75 Å². The fraction of sp³-hybridized carbons (Fsp3) is 0.391. The van der Waals surface area contributed by atoms with E-state index in [2.05, 4.69) is 5.32 Å². The minimum absolute atomic E-state index is 0.137. The molecule has 1 N–H and O–H groups in total. The van der Waals surface area contributed by atoms with Crippen molar-refractivity contribution in [3.05, 3.63) is 64.7 Å². The van der Waals surface area contributed by atoms with Gasteiger partial charge in [0, 0.05) is 18.1 Å². The van der Waals surface area contributed by atoms with Gasteiger partial charge >= 0.3 is 0 Å². The molecule has 0 bridgehead atoms. The molecule has 0 fully saturated rings. The monoisotopic (exact) mass is 416 g/mol. The van der Waals surface area contributed by atoms with Crippen molar-refractivity contribution >= 4 is 23.4 Å². The largest absolute Gasteiger partial charge is 0.497 e. The molecule has 0 aliphatic rings. The van der Waals surface area contributed by atoms with Crippen molar-refractivity contribution in [1.82, 2.24) is 10.2 Å². The maximum atomic E-state index is 13.1. The van der Waals surface area contributed by atoms with Gasteiger partial charge in [-0.05, 0) is 42.2 Å². The van der Waals surface area contributed by atoms with Crippen molar-refractivity contribution in [2.45, 2.75) is 39.8 Å². The minimum Gasteiger partial charge on any atom is -0.497 e. The summed E-state index contributed by atoms with van der Waals surface area (Å²) in [5.41, 5.74) is 1.66. The molecule has 29 heavy (non-hydrogen) atoms. The van der Waals surface area contributed by atoms with Gasteiger partial charge in [-0.15, -0.1) is 0 Å². The first-order valence-electron chi connectivity index (χ1n) is 9.75. The van der Waals surface area contributed by atoms with Gasteiger partial charge in [-0.1, -0.05) is 55.8 Å². The topological polar surface area (TPSA) is 58.6 Å². The second-order valence-electron chi connectivity index (χ2n) is 7.45. The summed E-state index contributed by atoms with van der Waals surface area (Å²) in [6.45, 7) is 6.71. The van der Waals surface area contributed by atoms with Crippen molar-refractivity contribution < 1.29 is 14.3 Å². The molecular formula is C23H29ClN2O3. The van der Waals surface area contributed by atoms with E-state index in [4.69, 9.17) is 16.3 Å². The van der Waals surface area contributed by atoms with Crippen LogP contribution in [0.1, 0.15) is 31.9 Å². The van der Waals surface area contributed by atoms with Crippen LogP contribution in [0, 0.1) is 5.92 Å². The predicted molar refractivity (Wildman–Crippen MR) is 116 cm³/mol. The second kappa shape index (κ2) is 10.9. The quantitative estimate of drug-likeness (QED) is 0.670. The maximum Gasteiger partial charge on any atom is 0.242 e. The third kappa shape index (κ3) is 6.79. The van der Waals surface area contributed by atoms with Gasteiger partial charge in [-0.3, -0.25) is 9.59 Å². The fourth-order valence-corrected chi connectivity index (χ4v) is 3.07. The average Bonchev–Trinajstić information content (AvgIpc) is 2.71. The highest BCUT2D eigenvalue weighted by atomic mass is 35.5. The number of carbonyl (C=O) groups is 2. The molecule has 0 radical (unpaired) electrons. The summed E-state index contributed by atoms with van der Waals surface area (Å²) in [6.07, 6.45) is 0.137. The van der Waals surface area contributed by atoms with Gasteiger partial charge in [0.1, 0.15) is 11.8 Å². The summed E-state index contributed by atoms with van der Waals surface area (Å²) in [7, 11) is 1.61. The van der Waals surface area contributed by atoms with Gasteiger partial charge in [0.25, 0.3) is 0 Å². The molecule has 0 saturated heterocycles. The van der Waals surface area contributed by atoms with Crippen LogP contribution in [-0.2, 0) is 22.6 Å². The maximum absolute atomic E-state index is 13.1. The highest BCUT2D eigenvalue weighted by molar-refractivity contribution is 6.31. The van der Waals surface area contributed by atoms with E-state index in [1.807, 2.05) is 56.3 Å². The lowest BCUT2D eigenvalue weighted by Gasteiger charge is -2.29. The van der Waals surface area contributed by atoms with Crippen LogP contribution in [0.15, 0.2) is 48.5 Å². The van der Waals surface area contributed by atoms with E-state index < -0.39 is 6.04 Å². The molecule has 1 unspecified atom stereocenters. The molecule has 5 nitrogen and oxygen atoms in total. The van der Waals surface area contributed by atoms with Gasteiger partial charge in [-0.2, -0.15) is 0 Å². The smallest absolute Gasteiger partial charge is 0.242 e. The lowest BCUT2D eigenvalue weighted by atomic mass is 10.1. The molecule has 2 amide bonds. The van der Waals surface area contributed by atoms with E-state index in [1.165, 1.54) is 0 Å². The summed E-state index contributed by atoms with van der Waals surface area (Å²) in [4.78, 5) is 27.4. The molecule has 0 aromatic heterocycles. The van der Waals surface area contributed by atoms with Crippen LogP contribution in [0.25, 0.3) is 0 Å². The average molecular weight is 417 g/mol. The number of ether oxygens (including phenoxy) is 1. The number of rotatable bonds is 9. The van der Waals surface area contributed by atoms with E-state index in [0.717, 1.165) is 16.9 Å². The highest BCUT2D eigenvalue weighted by Gasteiger charge is 2.26. The number of benzene rings is 2. The number of hydrogen-bond donors (Lipinski definition) is 1. The summed E-state index contributed by atoms with van der Waals surface area (Å²) in [5.74, 6) is 0.756. The van der Waals surface area contributed by atoms with Crippen molar-refractivity contribution in [1.29, 1.82) is 0 Å². The van der Waals surface area contributed by atoms with Gasteiger partial charge < -0.3 is 15.0 Å². The Morgan fingerprint density at radius 3 is 2.31 bits per heavy atom. The normalized spacial score (nSPS) is 11.8. The minimum atomic E-state index is -0.606. The molecule has 2 aromatic carbocycles. The van der Waals surface area contributed by atoms with Crippen LogP contribution >= 0.6 is 11.6 Å². The van der Waals surface area contributed by atoms with Crippen molar-refractivity contribution in [3.8, 4) is 5.75 Å². The number of nitrogens with zero attached hydrogens (tertiary/aromatic N) is 1. The summed E-state index contributed by atoms with van der Waals surface area (Å²) < 4.78 is 5.19. The molecule has 0 aliphatic heterocycles. The molecule has 2 aromatic rings. The molecule has 0 aliphatic carbocycles. The molecule has 156 valence electrons. The van der Waals surface area contributed by atoms with E-state index in [0.29, 0.717) is 24.0 Å². The molecule has 0 heterocycles. The standard InChI is InChI=1S/C23H29ClN2O3/c1-16(2)14-25-23(28)17(3)26(15-18-9-11-20(29-4)12-10-18)22(27)13-19-7-5-6-8-21(19)24/h5-12,16-17H,13-15H2,1-4H3,(H,25,28). The lowest BCUT2D eigenvalue weighted by molar-refractivity contribution is -0.140. The molecule has 2 rings (SSSR count). The zero-order valence-corrected chi connectivity index (χ0v) is 18.2. The van der Waals surface area contributed by atoms with Crippen LogP contribution in [0.2, 0.25) is 5.02 Å². The van der Waals surface area contributed by atoms with Crippen LogP contribution < -0.4 is 10.1 Å². The zero-order chi connectivity index (χ0) is 21.4. The number of halogens is 1. The summed E-state index contributed by atoms with van der Waals surface area (Å²) >= 11 is 6.23. The van der Waals surface area contributed by atoms with Crippen LogP contribution in [0.3, 0.4) is 0 Å². The molecule has 0 spiro atoms. The van der Waals surface area contributed by atoms with Crippen molar-refractivity contribution in [2.24, 2.45) is 5.92 Å². The van der Waals surface area contributed by atoms with Gasteiger partial charge in [0.15, 0.2) is 0 Å². The van der Waals surface area contributed by atoms with Crippen molar-refractivity contribution in [3.63, 3.8) is 0 Å². The van der Waals surface area contributed by atoms with E-state index in [9.17, 15) is 9.59 Å². The van der Waals surface area contributed by atoms with Crippen LogP contribution in [0.4, 0.5) is 0 Å². The number of carbonyl (C=O) groups excluding carboxylic acids is 2. The SMILES string of the molecule is COc1ccc(CN(C(=O)Cc2ccccc2Cl)C(C)C(=O)NCC(C)C)cc1. The van der Waals surface area contributed by atoms with Crippen LogP contribution in [-0.4, -0.2) is 36.4 Å². The first-order valence-corrected chi connectivity index (χ1v) is 10.1. The van der Waals surface area contributed by atoms with E-state index >= 15 is 0 Å². The molecule has 6 heteroatoms. The Labute approximate surface area is 178 Å². The fourth-order valence-electron chi connectivity index (χ4n) is 2.87. The molecular weight excluding hydrogens is 388 g/mol. The summed E-state index contributed by atoms with van der Waals surface area (Å²) in [5, 5.41) is 3.46. The third-order valence-corrected chi connectivity index (χ3v) is 5.03. The Bertz CT molecular complexity index is 821. The number of nitrogens with one attached hydrogen (secondary N) is 1. The Kier molecular flexibility index (Phi) is 8.52. The highest BCUT2D eigenvalue weighted by Crippen LogP contribution is 2.19. The number of hydrogen-bond acceptors (Lipinski definition) is 3. The third-order valence-electron chi connectivity index (χ3n) is 4.66. The van der Waals surface area contributed by atoms with Gasteiger partial charge in [-0.25, -0.2) is 0 Å². The predicted octanol–water partition coefficient (Wildman–Crippen LogP) is 4.08. The van der Waals surface area contributed by atoms with E-state index in [1.54, 1.807) is 25.0 Å². The Hall–Kier alpha value is -2.53. The Balaban J connectivity index is 2.21. The number of amides is 2. The Morgan fingerprint density at radius 1 is 1.07 bits per heavy atom. The molecule has 0 saturated carbocycles. The molecule has 1 atom stereocenters. The van der Waals surface area contributed by atoms with E-state index in [-0.39, 0.29) is 18.2 Å². The summed E-state index contributed by atoms with van der Waals surface area (Å²) in [6, 6.07) is 14.1. The second-order valence-corrected chi connectivity index (χ2v) is 7.86. The first kappa shape index (κ1) is 22.8. The first-order chi connectivity index (χ1) is 13.8. The number of methoxy groups -OCH3 is 1. The van der Waals surface area contributed by atoms with Gasteiger partial charge in [0.05, 0.1) is 13.5 Å². The Morgan fingerprint density at radius 2 is 1.72 bits per heavy atom. The van der Waals surface area contributed by atoms with Gasteiger partial charge in [0.2, 0.25) is 11.8 Å². The van der Waals surface area contributed by atoms with Crippen molar-refractivity contribution in [2.75, 3.05) is 13.7 Å². The zero-order valence-electron chi connectivity index (χ0n) is 17.4.